The number of halogens is 2. The van der Waals surface area contributed by atoms with Crippen molar-refractivity contribution in [2.75, 3.05) is 43.4 Å². The zero-order chi connectivity index (χ0) is 23.9. The van der Waals surface area contributed by atoms with Gasteiger partial charge in [0, 0.05) is 69.5 Å². The number of aromatic nitrogens is 6. The van der Waals surface area contributed by atoms with E-state index in [0.29, 0.717) is 30.2 Å². The maximum Gasteiger partial charge on any atom is 0.225 e. The summed E-state index contributed by atoms with van der Waals surface area (Å²) in [6.07, 6.45) is 5.40. The van der Waals surface area contributed by atoms with Crippen molar-refractivity contribution in [2.45, 2.75) is 6.54 Å². The summed E-state index contributed by atoms with van der Waals surface area (Å²) in [4.78, 5) is 17.7. The summed E-state index contributed by atoms with van der Waals surface area (Å²) in [5, 5.41) is 5.39. The van der Waals surface area contributed by atoms with Crippen LogP contribution in [0, 0.1) is 11.6 Å². The van der Waals surface area contributed by atoms with Crippen LogP contribution in [0.1, 0.15) is 0 Å². The molecule has 178 valence electrons. The Morgan fingerprint density at radius 3 is 2.57 bits per heavy atom. The minimum atomic E-state index is -0.560. The monoisotopic (exact) mass is 475 g/mol. The molecule has 1 aromatic carbocycles. The van der Waals surface area contributed by atoms with Gasteiger partial charge in [0.15, 0.2) is 11.5 Å². The second kappa shape index (κ2) is 8.58. The molecule has 1 aliphatic rings. The molecule has 1 fully saturated rings. The molecule has 0 atom stereocenters. The molecule has 5 heterocycles. The molecule has 5 aromatic rings. The molecule has 0 bridgehead atoms. The maximum atomic E-state index is 14.1. The van der Waals surface area contributed by atoms with Crippen molar-refractivity contribution in [1.29, 1.82) is 0 Å². The molecular formula is C24H23F2N9. The zero-order valence-corrected chi connectivity index (χ0v) is 18.8. The van der Waals surface area contributed by atoms with E-state index < -0.39 is 11.6 Å². The lowest BCUT2D eigenvalue weighted by Gasteiger charge is -2.36. The Balaban J connectivity index is 1.17. The van der Waals surface area contributed by atoms with Gasteiger partial charge in [-0.15, -0.1) is 5.10 Å². The topological polar surface area (TPSA) is 93.4 Å². The van der Waals surface area contributed by atoms with E-state index in [4.69, 9.17) is 10.7 Å². The summed E-state index contributed by atoms with van der Waals surface area (Å²) in [6, 6.07) is 9.46. The van der Waals surface area contributed by atoms with Crippen molar-refractivity contribution in [3.8, 4) is 11.4 Å². The summed E-state index contributed by atoms with van der Waals surface area (Å²) < 4.78 is 31.0. The predicted octanol–water partition coefficient (Wildman–Crippen LogP) is 2.82. The van der Waals surface area contributed by atoms with Crippen LogP contribution in [0.2, 0.25) is 0 Å². The van der Waals surface area contributed by atoms with Gasteiger partial charge in [-0.3, -0.25) is 9.88 Å². The number of fused-ring (bicyclic) bond motifs is 3. The number of hydrogen-bond donors (Lipinski definition) is 1. The number of nitrogens with zero attached hydrogens (tertiary/aromatic N) is 8. The Bertz CT molecular complexity index is 1500. The van der Waals surface area contributed by atoms with Crippen molar-refractivity contribution in [3.63, 3.8) is 0 Å². The normalized spacial score (nSPS) is 14.9. The Morgan fingerprint density at radius 1 is 0.943 bits per heavy atom. The predicted molar refractivity (Wildman–Crippen MR) is 129 cm³/mol. The van der Waals surface area contributed by atoms with Gasteiger partial charge in [0.25, 0.3) is 0 Å². The third-order valence-corrected chi connectivity index (χ3v) is 6.42. The Labute approximate surface area is 199 Å². The number of benzene rings is 1. The fourth-order valence-corrected chi connectivity index (χ4v) is 4.56. The molecule has 4 aromatic heterocycles. The van der Waals surface area contributed by atoms with Gasteiger partial charge in [0.1, 0.15) is 17.3 Å². The van der Waals surface area contributed by atoms with Crippen LogP contribution in [-0.2, 0) is 6.54 Å². The number of rotatable bonds is 5. The molecule has 9 nitrogen and oxygen atoms in total. The highest BCUT2D eigenvalue weighted by atomic mass is 19.1. The summed E-state index contributed by atoms with van der Waals surface area (Å²) in [5.74, 6) is -0.269. The van der Waals surface area contributed by atoms with Crippen LogP contribution in [-0.4, -0.2) is 66.8 Å². The van der Waals surface area contributed by atoms with Crippen LogP contribution in [0.25, 0.3) is 28.1 Å². The number of anilines is 2. The van der Waals surface area contributed by atoms with Gasteiger partial charge in [-0.2, -0.15) is 9.50 Å². The van der Waals surface area contributed by atoms with E-state index >= 15 is 0 Å². The molecule has 2 N–H and O–H groups in total. The van der Waals surface area contributed by atoms with Crippen molar-refractivity contribution < 1.29 is 8.78 Å². The Hall–Kier alpha value is -4.12. The molecule has 1 saturated heterocycles. The number of pyridine rings is 1. The van der Waals surface area contributed by atoms with Gasteiger partial charge in [-0.1, -0.05) is 0 Å². The zero-order valence-electron chi connectivity index (χ0n) is 18.8. The van der Waals surface area contributed by atoms with Gasteiger partial charge in [-0.05, 0) is 30.3 Å². The van der Waals surface area contributed by atoms with Gasteiger partial charge in [0.2, 0.25) is 5.95 Å². The highest BCUT2D eigenvalue weighted by Gasteiger charge is 2.21. The fourth-order valence-electron chi connectivity index (χ4n) is 4.56. The lowest BCUT2D eigenvalue weighted by Crippen LogP contribution is -2.47. The summed E-state index contributed by atoms with van der Waals surface area (Å²) in [5.41, 5.74) is 8.89. The largest absolute Gasteiger partial charge is 0.368 e. The van der Waals surface area contributed by atoms with Gasteiger partial charge < -0.3 is 15.2 Å². The van der Waals surface area contributed by atoms with Gasteiger partial charge in [0.05, 0.1) is 11.1 Å². The Morgan fingerprint density at radius 2 is 1.80 bits per heavy atom. The molecule has 0 aliphatic carbocycles. The van der Waals surface area contributed by atoms with Crippen molar-refractivity contribution in [1.82, 2.24) is 34.0 Å². The molecular weight excluding hydrogens is 452 g/mol. The minimum Gasteiger partial charge on any atom is -0.368 e. The van der Waals surface area contributed by atoms with E-state index in [0.717, 1.165) is 48.8 Å². The van der Waals surface area contributed by atoms with Crippen LogP contribution in [0.15, 0.2) is 55.0 Å². The number of nitrogens with two attached hydrogens (primary N) is 1. The van der Waals surface area contributed by atoms with E-state index in [1.54, 1.807) is 16.9 Å². The molecule has 1 aliphatic heterocycles. The van der Waals surface area contributed by atoms with E-state index in [1.807, 2.05) is 29.3 Å². The summed E-state index contributed by atoms with van der Waals surface area (Å²) >= 11 is 0. The molecule has 0 unspecified atom stereocenters. The van der Waals surface area contributed by atoms with Crippen LogP contribution in [0.5, 0.6) is 0 Å². The number of piperazine rings is 1. The fraction of sp³-hybridized carbons (Fsp3) is 0.250. The summed E-state index contributed by atoms with van der Waals surface area (Å²) in [7, 11) is 0. The average molecular weight is 476 g/mol. The first-order valence-electron chi connectivity index (χ1n) is 11.4. The number of hydrogen-bond acceptors (Lipinski definition) is 7. The first-order chi connectivity index (χ1) is 17.1. The third-order valence-electron chi connectivity index (χ3n) is 6.42. The summed E-state index contributed by atoms with van der Waals surface area (Å²) in [6.45, 7) is 4.46. The van der Waals surface area contributed by atoms with E-state index in [2.05, 4.69) is 24.5 Å². The highest BCUT2D eigenvalue weighted by molar-refractivity contribution is 5.91. The van der Waals surface area contributed by atoms with Crippen LogP contribution in [0.4, 0.5) is 20.4 Å². The van der Waals surface area contributed by atoms with Gasteiger partial charge in [-0.25, -0.2) is 13.8 Å². The van der Waals surface area contributed by atoms with E-state index in [-0.39, 0.29) is 5.95 Å². The van der Waals surface area contributed by atoms with E-state index in [9.17, 15) is 8.78 Å². The Kier molecular flexibility index (Phi) is 5.25. The minimum absolute atomic E-state index is 0.269. The van der Waals surface area contributed by atoms with Crippen LogP contribution < -0.4 is 10.6 Å². The second-order valence-corrected chi connectivity index (χ2v) is 8.55. The van der Waals surface area contributed by atoms with Crippen molar-refractivity contribution in [3.05, 3.63) is 66.6 Å². The van der Waals surface area contributed by atoms with Gasteiger partial charge >= 0.3 is 0 Å². The molecule has 11 heteroatoms. The second-order valence-electron chi connectivity index (χ2n) is 8.55. The first-order valence-corrected chi connectivity index (χ1v) is 11.4. The third kappa shape index (κ3) is 3.93. The smallest absolute Gasteiger partial charge is 0.225 e. The van der Waals surface area contributed by atoms with Crippen LogP contribution >= 0.6 is 0 Å². The quantitative estimate of drug-likeness (QED) is 0.418. The van der Waals surface area contributed by atoms with Crippen molar-refractivity contribution >= 4 is 28.3 Å². The lowest BCUT2D eigenvalue weighted by molar-refractivity contribution is 0.248. The average Bonchev–Trinajstić information content (AvgIpc) is 3.49. The number of nitrogen functional groups attached to an aromatic ring is 1. The first kappa shape index (κ1) is 21.4. The molecule has 0 spiro atoms. The maximum absolute atomic E-state index is 14.1. The highest BCUT2D eigenvalue weighted by Crippen LogP contribution is 2.25. The lowest BCUT2D eigenvalue weighted by atomic mass is 10.2. The van der Waals surface area contributed by atoms with Crippen LogP contribution in [0.3, 0.4) is 0 Å². The van der Waals surface area contributed by atoms with E-state index in [1.165, 1.54) is 12.1 Å². The molecule has 0 saturated carbocycles. The molecule has 6 rings (SSSR count). The van der Waals surface area contributed by atoms with Crippen molar-refractivity contribution in [2.24, 2.45) is 0 Å². The molecule has 0 amide bonds. The molecule has 35 heavy (non-hydrogen) atoms. The molecule has 0 radical (unpaired) electrons. The SMILES string of the molecule is Nc1nc2c(ccn2CCN2CCN(c3ccc(F)cc3F)CC2)c2nc(-c3cccnc3)nn12. The standard InChI is InChI=1S/C24H23F2N9/c25-17-3-4-20(19(26)14-17)33-11-8-32(9-12-33)10-13-34-7-5-18-22(34)30-24(27)35-23(18)29-21(31-35)16-2-1-6-28-15-16/h1-7,14-15H,8-13H2,(H2,27,30).